The number of nitrogens with one attached hydrogen (secondary N) is 1. The molecule has 1 aromatic rings. The van der Waals surface area contributed by atoms with E-state index in [0.29, 0.717) is 26.2 Å². The van der Waals surface area contributed by atoms with Crippen LogP contribution in [-0.4, -0.2) is 46.5 Å². The predicted molar refractivity (Wildman–Crippen MR) is 68.0 cm³/mol. The molecule has 0 radical (unpaired) electrons. The van der Waals surface area contributed by atoms with Crippen molar-refractivity contribution in [1.29, 1.82) is 0 Å². The fourth-order valence-corrected chi connectivity index (χ4v) is 1.52. The van der Waals surface area contributed by atoms with E-state index in [1.807, 2.05) is 6.92 Å². The van der Waals surface area contributed by atoms with Gasteiger partial charge in [0, 0.05) is 26.0 Å². The molecule has 7 heteroatoms. The SMILES string of the molecule is CCOCCCNC(=O)c1ccnn1C(C)C(=O)O. The van der Waals surface area contributed by atoms with Crippen molar-refractivity contribution in [1.82, 2.24) is 15.1 Å². The number of nitrogens with zero attached hydrogens (tertiary/aromatic N) is 2. The van der Waals surface area contributed by atoms with Crippen LogP contribution in [0.25, 0.3) is 0 Å². The van der Waals surface area contributed by atoms with Gasteiger partial charge in [0.1, 0.15) is 11.7 Å². The minimum absolute atomic E-state index is 0.242. The lowest BCUT2D eigenvalue weighted by atomic mass is 10.3. The third kappa shape index (κ3) is 4.36. The standard InChI is InChI=1S/C12H19N3O4/c1-3-19-8-4-6-13-11(16)10-5-7-14-15(10)9(2)12(17)18/h5,7,9H,3-4,6,8H2,1-2H3,(H,13,16)(H,17,18). The lowest BCUT2D eigenvalue weighted by Crippen LogP contribution is -2.30. The van der Waals surface area contributed by atoms with Crippen LogP contribution in [0.3, 0.4) is 0 Å². The van der Waals surface area contributed by atoms with Gasteiger partial charge in [0.25, 0.3) is 5.91 Å². The van der Waals surface area contributed by atoms with E-state index in [2.05, 4.69) is 10.4 Å². The smallest absolute Gasteiger partial charge is 0.328 e. The largest absolute Gasteiger partial charge is 0.480 e. The summed E-state index contributed by atoms with van der Waals surface area (Å²) in [5, 5.41) is 15.5. The number of amides is 1. The van der Waals surface area contributed by atoms with E-state index in [4.69, 9.17) is 9.84 Å². The maximum atomic E-state index is 11.9. The lowest BCUT2D eigenvalue weighted by Gasteiger charge is -2.11. The van der Waals surface area contributed by atoms with Gasteiger partial charge in [-0.1, -0.05) is 0 Å². The Morgan fingerprint density at radius 2 is 2.32 bits per heavy atom. The zero-order valence-electron chi connectivity index (χ0n) is 11.1. The molecule has 1 unspecified atom stereocenters. The van der Waals surface area contributed by atoms with Crippen LogP contribution in [0.5, 0.6) is 0 Å². The maximum Gasteiger partial charge on any atom is 0.328 e. The highest BCUT2D eigenvalue weighted by Gasteiger charge is 2.20. The molecular weight excluding hydrogens is 250 g/mol. The highest BCUT2D eigenvalue weighted by molar-refractivity contribution is 5.93. The van der Waals surface area contributed by atoms with Crippen molar-refractivity contribution in [2.75, 3.05) is 19.8 Å². The topological polar surface area (TPSA) is 93.5 Å². The minimum Gasteiger partial charge on any atom is -0.480 e. The van der Waals surface area contributed by atoms with E-state index < -0.39 is 12.0 Å². The van der Waals surface area contributed by atoms with E-state index in [1.54, 1.807) is 0 Å². The van der Waals surface area contributed by atoms with Crippen molar-refractivity contribution < 1.29 is 19.4 Å². The summed E-state index contributed by atoms with van der Waals surface area (Å²) in [5.41, 5.74) is 0.242. The van der Waals surface area contributed by atoms with Crippen LogP contribution in [0.1, 0.15) is 36.8 Å². The molecule has 1 amide bonds. The molecule has 0 saturated heterocycles. The van der Waals surface area contributed by atoms with Gasteiger partial charge in [-0.25, -0.2) is 9.48 Å². The Morgan fingerprint density at radius 3 is 2.95 bits per heavy atom. The van der Waals surface area contributed by atoms with E-state index >= 15 is 0 Å². The number of ether oxygens (including phenoxy) is 1. The second-order valence-corrected chi connectivity index (χ2v) is 3.98. The minimum atomic E-state index is -1.03. The van der Waals surface area contributed by atoms with E-state index in [-0.39, 0.29) is 11.6 Å². The Bertz CT molecular complexity index is 430. The van der Waals surface area contributed by atoms with Crippen molar-refractivity contribution in [2.45, 2.75) is 26.3 Å². The first-order valence-corrected chi connectivity index (χ1v) is 6.20. The van der Waals surface area contributed by atoms with Crippen LogP contribution in [0.2, 0.25) is 0 Å². The third-order valence-corrected chi connectivity index (χ3v) is 2.58. The molecule has 0 aliphatic carbocycles. The molecular formula is C12H19N3O4. The normalized spacial score (nSPS) is 12.1. The first kappa shape index (κ1) is 15.2. The average Bonchev–Trinajstić information content (AvgIpc) is 2.86. The fraction of sp³-hybridized carbons (Fsp3) is 0.583. The first-order valence-electron chi connectivity index (χ1n) is 6.20. The maximum absolute atomic E-state index is 11.9. The van der Waals surface area contributed by atoms with Crippen LogP contribution >= 0.6 is 0 Å². The van der Waals surface area contributed by atoms with Crippen molar-refractivity contribution in [3.8, 4) is 0 Å². The number of carbonyl (C=O) groups excluding carboxylic acids is 1. The zero-order valence-corrected chi connectivity index (χ0v) is 11.1. The summed E-state index contributed by atoms with van der Waals surface area (Å²) in [6, 6.07) is 0.622. The summed E-state index contributed by atoms with van der Waals surface area (Å²) in [6.07, 6.45) is 2.12. The van der Waals surface area contributed by atoms with Gasteiger partial charge in [-0.3, -0.25) is 4.79 Å². The Balaban J connectivity index is 2.53. The summed E-state index contributed by atoms with van der Waals surface area (Å²) in [7, 11) is 0. The van der Waals surface area contributed by atoms with Crippen molar-refractivity contribution in [3.63, 3.8) is 0 Å². The first-order chi connectivity index (χ1) is 9.07. The Hall–Kier alpha value is -1.89. The summed E-state index contributed by atoms with van der Waals surface area (Å²) >= 11 is 0. The Morgan fingerprint density at radius 1 is 1.58 bits per heavy atom. The number of hydrogen-bond donors (Lipinski definition) is 2. The molecule has 0 aliphatic heterocycles. The summed E-state index contributed by atoms with van der Waals surface area (Å²) in [6.45, 7) is 5.09. The molecule has 19 heavy (non-hydrogen) atoms. The molecule has 0 saturated carbocycles. The molecule has 0 aromatic carbocycles. The van der Waals surface area contributed by atoms with E-state index in [9.17, 15) is 9.59 Å². The molecule has 0 bridgehead atoms. The van der Waals surface area contributed by atoms with Crippen LogP contribution < -0.4 is 5.32 Å². The number of aromatic nitrogens is 2. The van der Waals surface area contributed by atoms with Gasteiger partial charge in [-0.2, -0.15) is 5.10 Å². The number of rotatable bonds is 8. The van der Waals surface area contributed by atoms with Gasteiger partial charge in [0.15, 0.2) is 0 Å². The van der Waals surface area contributed by atoms with Crippen molar-refractivity contribution >= 4 is 11.9 Å². The summed E-state index contributed by atoms with van der Waals surface area (Å²) in [4.78, 5) is 22.8. The van der Waals surface area contributed by atoms with Gasteiger partial charge in [0.05, 0.1) is 0 Å². The molecule has 1 aromatic heterocycles. The monoisotopic (exact) mass is 269 g/mol. The van der Waals surface area contributed by atoms with Gasteiger partial charge < -0.3 is 15.2 Å². The Labute approximate surface area is 111 Å². The molecule has 1 heterocycles. The van der Waals surface area contributed by atoms with E-state index in [0.717, 1.165) is 0 Å². The van der Waals surface area contributed by atoms with Crippen molar-refractivity contribution in [2.24, 2.45) is 0 Å². The lowest BCUT2D eigenvalue weighted by molar-refractivity contribution is -0.140. The second-order valence-electron chi connectivity index (χ2n) is 3.98. The molecule has 0 aliphatic rings. The molecule has 0 spiro atoms. The van der Waals surface area contributed by atoms with Crippen LogP contribution in [0.4, 0.5) is 0 Å². The van der Waals surface area contributed by atoms with Gasteiger partial charge in [0.2, 0.25) is 0 Å². The number of aliphatic carboxylic acids is 1. The highest BCUT2D eigenvalue weighted by atomic mass is 16.5. The predicted octanol–water partition coefficient (Wildman–Crippen LogP) is 0.685. The van der Waals surface area contributed by atoms with Crippen LogP contribution in [0, 0.1) is 0 Å². The molecule has 106 valence electrons. The molecule has 7 nitrogen and oxygen atoms in total. The second kappa shape index (κ2) is 7.52. The zero-order chi connectivity index (χ0) is 14.3. The van der Waals surface area contributed by atoms with Crippen LogP contribution in [0.15, 0.2) is 12.3 Å². The number of carbonyl (C=O) groups is 2. The fourth-order valence-electron chi connectivity index (χ4n) is 1.52. The quantitative estimate of drug-likeness (QED) is 0.677. The van der Waals surface area contributed by atoms with Gasteiger partial charge in [-0.05, 0) is 26.3 Å². The number of hydrogen-bond acceptors (Lipinski definition) is 4. The highest BCUT2D eigenvalue weighted by Crippen LogP contribution is 2.09. The summed E-state index contributed by atoms with van der Waals surface area (Å²) in [5.74, 6) is -1.36. The molecule has 0 fully saturated rings. The number of carboxylic acids is 1. The number of carboxylic acid groups (broad SMARTS) is 1. The summed E-state index contributed by atoms with van der Waals surface area (Å²) < 4.78 is 6.35. The molecule has 1 rings (SSSR count). The molecule has 1 atom stereocenters. The average molecular weight is 269 g/mol. The van der Waals surface area contributed by atoms with Crippen LogP contribution in [-0.2, 0) is 9.53 Å². The molecule has 2 N–H and O–H groups in total. The van der Waals surface area contributed by atoms with Crippen molar-refractivity contribution in [3.05, 3.63) is 18.0 Å². The van der Waals surface area contributed by atoms with Gasteiger partial charge in [-0.15, -0.1) is 0 Å². The third-order valence-electron chi connectivity index (χ3n) is 2.58. The Kier molecular flexibility index (Phi) is 6.01. The van der Waals surface area contributed by atoms with E-state index in [1.165, 1.54) is 23.9 Å². The van der Waals surface area contributed by atoms with Gasteiger partial charge >= 0.3 is 5.97 Å².